The van der Waals surface area contributed by atoms with Crippen molar-refractivity contribution in [3.63, 3.8) is 0 Å². The maximum absolute atomic E-state index is 12.1. The fourth-order valence-electron chi connectivity index (χ4n) is 2.73. The fourth-order valence-corrected chi connectivity index (χ4v) is 3.70. The zero-order valence-corrected chi connectivity index (χ0v) is 15.2. The van der Waals surface area contributed by atoms with Crippen molar-refractivity contribution in [3.05, 3.63) is 84.1 Å². The minimum absolute atomic E-state index is 0.0397. The van der Waals surface area contributed by atoms with Crippen molar-refractivity contribution >= 4 is 29.1 Å². The quantitative estimate of drug-likeness (QED) is 0.539. The number of nitrogens with zero attached hydrogens (tertiary/aromatic N) is 2. The first-order valence-corrected chi connectivity index (χ1v) is 9.43. The van der Waals surface area contributed by atoms with E-state index in [1.165, 1.54) is 18.0 Å². The standard InChI is InChI=1S/C21H17N3O2S/c25-20-19(13-15-7-3-1-4-8-15)27-21(23-20)24-22-14-17-11-12-18(26-17)16-9-5-2-6-10-16/h1-12,14,19H,13H2,(H,23,24,25)/b22-14+/t19-/m0/s1. The lowest BCUT2D eigenvalue weighted by Gasteiger charge is -2.04. The maximum atomic E-state index is 12.1. The molecule has 3 aromatic rings. The summed E-state index contributed by atoms with van der Waals surface area (Å²) in [7, 11) is 0. The Bertz CT molecular complexity index is 981. The molecule has 6 heteroatoms. The van der Waals surface area contributed by atoms with Crippen LogP contribution in [0.2, 0.25) is 0 Å². The van der Waals surface area contributed by atoms with Crippen molar-refractivity contribution in [3.8, 4) is 11.3 Å². The molecule has 27 heavy (non-hydrogen) atoms. The van der Waals surface area contributed by atoms with Gasteiger partial charge < -0.3 is 9.73 Å². The van der Waals surface area contributed by atoms with Crippen LogP contribution in [0, 0.1) is 0 Å². The van der Waals surface area contributed by atoms with Gasteiger partial charge in [-0.2, -0.15) is 5.10 Å². The van der Waals surface area contributed by atoms with E-state index in [1.807, 2.05) is 72.8 Å². The maximum Gasteiger partial charge on any atom is 0.239 e. The third kappa shape index (κ3) is 4.35. The van der Waals surface area contributed by atoms with E-state index >= 15 is 0 Å². The highest BCUT2D eigenvalue weighted by Crippen LogP contribution is 2.24. The van der Waals surface area contributed by atoms with Crippen molar-refractivity contribution in [2.24, 2.45) is 10.2 Å². The Morgan fingerprint density at radius 3 is 2.52 bits per heavy atom. The Balaban J connectivity index is 1.38. The van der Waals surface area contributed by atoms with Crippen LogP contribution >= 0.6 is 11.8 Å². The monoisotopic (exact) mass is 375 g/mol. The van der Waals surface area contributed by atoms with Gasteiger partial charge in [-0.05, 0) is 24.1 Å². The molecule has 1 amide bonds. The van der Waals surface area contributed by atoms with Crippen molar-refractivity contribution in [2.75, 3.05) is 0 Å². The lowest BCUT2D eigenvalue weighted by Crippen LogP contribution is -2.25. The summed E-state index contributed by atoms with van der Waals surface area (Å²) in [5, 5.41) is 11.2. The van der Waals surface area contributed by atoms with Crippen LogP contribution in [-0.4, -0.2) is 22.5 Å². The Kier molecular flexibility index (Phi) is 5.16. The number of carbonyl (C=O) groups excluding carboxylic acids is 1. The van der Waals surface area contributed by atoms with E-state index < -0.39 is 0 Å². The highest BCUT2D eigenvalue weighted by atomic mass is 32.2. The summed E-state index contributed by atoms with van der Waals surface area (Å²) < 4.78 is 5.74. The fraction of sp³-hybridized carbons (Fsp3) is 0.0952. The third-order valence-electron chi connectivity index (χ3n) is 4.06. The molecule has 5 nitrogen and oxygen atoms in total. The average Bonchev–Trinajstić information content (AvgIpc) is 3.31. The van der Waals surface area contributed by atoms with Gasteiger partial charge in [0, 0.05) is 5.56 Å². The van der Waals surface area contributed by atoms with Gasteiger partial charge in [-0.25, -0.2) is 0 Å². The molecule has 1 saturated heterocycles. The molecule has 0 aliphatic carbocycles. The van der Waals surface area contributed by atoms with Gasteiger partial charge in [-0.3, -0.25) is 4.79 Å². The molecule has 0 unspecified atom stereocenters. The molecule has 2 heterocycles. The summed E-state index contributed by atoms with van der Waals surface area (Å²) in [6, 6.07) is 23.5. The van der Waals surface area contributed by atoms with E-state index in [1.54, 1.807) is 0 Å². The molecule has 0 radical (unpaired) electrons. The molecular weight excluding hydrogens is 358 g/mol. The lowest BCUT2D eigenvalue weighted by atomic mass is 10.1. The summed E-state index contributed by atoms with van der Waals surface area (Å²) in [5.74, 6) is 1.34. The minimum Gasteiger partial charge on any atom is -0.455 e. The largest absolute Gasteiger partial charge is 0.455 e. The van der Waals surface area contributed by atoms with Gasteiger partial charge in [0.25, 0.3) is 0 Å². The molecule has 1 N–H and O–H groups in total. The second kappa shape index (κ2) is 8.05. The van der Waals surface area contributed by atoms with E-state index in [0.29, 0.717) is 17.3 Å². The Morgan fingerprint density at radius 2 is 1.74 bits per heavy atom. The number of amides is 1. The van der Waals surface area contributed by atoms with Gasteiger partial charge in [-0.15, -0.1) is 5.10 Å². The molecule has 0 saturated carbocycles. The van der Waals surface area contributed by atoms with E-state index in [9.17, 15) is 4.79 Å². The highest BCUT2D eigenvalue weighted by molar-refractivity contribution is 8.15. The summed E-state index contributed by atoms with van der Waals surface area (Å²) in [6.07, 6.45) is 2.20. The number of thioether (sulfide) groups is 1. The summed E-state index contributed by atoms with van der Waals surface area (Å²) >= 11 is 1.40. The van der Waals surface area contributed by atoms with E-state index in [2.05, 4.69) is 15.5 Å². The topological polar surface area (TPSA) is 67.0 Å². The second-order valence-electron chi connectivity index (χ2n) is 6.00. The molecule has 1 atom stereocenters. The molecule has 0 spiro atoms. The van der Waals surface area contributed by atoms with Crippen LogP contribution in [0.5, 0.6) is 0 Å². The third-order valence-corrected chi connectivity index (χ3v) is 5.13. The Hall–Kier alpha value is -3.12. The molecule has 134 valence electrons. The molecule has 1 aromatic heterocycles. The number of hydrogen-bond donors (Lipinski definition) is 1. The smallest absolute Gasteiger partial charge is 0.239 e. The molecule has 1 fully saturated rings. The van der Waals surface area contributed by atoms with Gasteiger partial charge in [0.15, 0.2) is 5.17 Å². The van der Waals surface area contributed by atoms with Gasteiger partial charge in [0.05, 0.1) is 11.5 Å². The van der Waals surface area contributed by atoms with Crippen molar-refractivity contribution in [1.29, 1.82) is 0 Å². The van der Waals surface area contributed by atoms with Gasteiger partial charge in [-0.1, -0.05) is 72.4 Å². The number of furan rings is 1. The number of hydrogen-bond acceptors (Lipinski definition) is 5. The Labute approximate surface area is 161 Å². The summed E-state index contributed by atoms with van der Waals surface area (Å²) in [4.78, 5) is 12.1. The van der Waals surface area contributed by atoms with Crippen molar-refractivity contribution in [2.45, 2.75) is 11.7 Å². The number of carbonyl (C=O) groups is 1. The highest BCUT2D eigenvalue weighted by Gasteiger charge is 2.30. The van der Waals surface area contributed by atoms with E-state index in [0.717, 1.165) is 16.9 Å². The van der Waals surface area contributed by atoms with Crippen molar-refractivity contribution < 1.29 is 9.21 Å². The van der Waals surface area contributed by atoms with Crippen LogP contribution < -0.4 is 5.32 Å². The van der Waals surface area contributed by atoms with Crippen LogP contribution in [0.25, 0.3) is 11.3 Å². The van der Waals surface area contributed by atoms with Crippen LogP contribution in [0.4, 0.5) is 0 Å². The Morgan fingerprint density at radius 1 is 1.00 bits per heavy atom. The SMILES string of the molecule is O=C1N/C(=N\N=C\c2ccc(-c3ccccc3)o2)S[C@H]1Cc1ccccc1. The molecule has 0 bridgehead atoms. The number of rotatable bonds is 5. The van der Waals surface area contributed by atoms with Crippen LogP contribution in [-0.2, 0) is 11.2 Å². The number of amidine groups is 1. The molecule has 1 aliphatic rings. The summed E-state index contributed by atoms with van der Waals surface area (Å²) in [5.41, 5.74) is 2.13. The van der Waals surface area contributed by atoms with E-state index in [-0.39, 0.29) is 11.2 Å². The van der Waals surface area contributed by atoms with Crippen LogP contribution in [0.3, 0.4) is 0 Å². The van der Waals surface area contributed by atoms with Crippen molar-refractivity contribution in [1.82, 2.24) is 5.32 Å². The average molecular weight is 375 g/mol. The molecule has 4 rings (SSSR count). The summed E-state index contributed by atoms with van der Waals surface area (Å²) in [6.45, 7) is 0. The van der Waals surface area contributed by atoms with Crippen LogP contribution in [0.1, 0.15) is 11.3 Å². The first kappa shape index (κ1) is 17.3. The van der Waals surface area contributed by atoms with Gasteiger partial charge >= 0.3 is 0 Å². The molecule has 2 aromatic carbocycles. The van der Waals surface area contributed by atoms with Gasteiger partial charge in [0.1, 0.15) is 11.5 Å². The number of nitrogens with one attached hydrogen (secondary N) is 1. The zero-order valence-electron chi connectivity index (χ0n) is 14.4. The zero-order chi connectivity index (χ0) is 18.5. The normalized spacial score (nSPS) is 18.3. The number of benzene rings is 2. The lowest BCUT2D eigenvalue weighted by molar-refractivity contribution is -0.118. The van der Waals surface area contributed by atoms with Gasteiger partial charge in [0.2, 0.25) is 5.91 Å². The first-order valence-electron chi connectivity index (χ1n) is 8.56. The van der Waals surface area contributed by atoms with E-state index in [4.69, 9.17) is 4.42 Å². The predicted molar refractivity (Wildman–Crippen MR) is 109 cm³/mol. The molecule has 1 aliphatic heterocycles. The second-order valence-corrected chi connectivity index (χ2v) is 7.19. The first-order chi connectivity index (χ1) is 13.3. The molecular formula is C21H17N3O2S. The predicted octanol–water partition coefficient (Wildman–Crippen LogP) is 4.11. The van der Waals surface area contributed by atoms with Crippen LogP contribution in [0.15, 0.2) is 87.4 Å². The minimum atomic E-state index is -0.186.